The van der Waals surface area contributed by atoms with Gasteiger partial charge in [-0.15, -0.1) is 0 Å². The number of hydrogen-bond acceptors (Lipinski definition) is 3. The number of hydrogen-bond donors (Lipinski definition) is 1. The fraction of sp³-hybridized carbons (Fsp3) is 1.00. The van der Waals surface area contributed by atoms with Gasteiger partial charge in [-0.2, -0.15) is 0 Å². The predicted octanol–water partition coefficient (Wildman–Crippen LogP) is 2.06. The topological polar surface area (TPSA) is 38.5 Å². The first-order valence-corrected chi connectivity index (χ1v) is 6.38. The van der Waals surface area contributed by atoms with E-state index in [1.807, 2.05) is 0 Å². The van der Waals surface area contributed by atoms with Gasteiger partial charge in [0, 0.05) is 12.1 Å². The van der Waals surface area contributed by atoms with Crippen LogP contribution in [0.25, 0.3) is 0 Å². The van der Waals surface area contributed by atoms with E-state index in [9.17, 15) is 0 Å². The van der Waals surface area contributed by atoms with Crippen LogP contribution in [0.4, 0.5) is 0 Å². The van der Waals surface area contributed by atoms with Crippen LogP contribution in [0.1, 0.15) is 51.4 Å². The van der Waals surface area contributed by atoms with Crippen LogP contribution in [-0.2, 0) is 4.84 Å². The van der Waals surface area contributed by atoms with Gasteiger partial charge in [-0.05, 0) is 45.6 Å². The minimum absolute atomic E-state index is 0.318. The van der Waals surface area contributed by atoms with Crippen LogP contribution < -0.4 is 5.90 Å². The Morgan fingerprint density at radius 2 is 1.47 bits per heavy atom. The minimum atomic E-state index is 0.318. The van der Waals surface area contributed by atoms with Crippen LogP contribution >= 0.6 is 0 Å². The Morgan fingerprint density at radius 1 is 0.933 bits per heavy atom. The number of nitrogens with two attached hydrogens (primary N) is 1. The highest BCUT2D eigenvalue weighted by Crippen LogP contribution is 2.29. The van der Waals surface area contributed by atoms with Crippen molar-refractivity contribution in [3.05, 3.63) is 0 Å². The molecule has 88 valence electrons. The molecule has 0 aromatic heterocycles. The van der Waals surface area contributed by atoms with Crippen molar-refractivity contribution in [2.24, 2.45) is 5.90 Å². The van der Waals surface area contributed by atoms with Gasteiger partial charge >= 0.3 is 0 Å². The molecule has 3 nitrogen and oxygen atoms in total. The zero-order valence-corrected chi connectivity index (χ0v) is 9.82. The Hall–Kier alpha value is -0.120. The van der Waals surface area contributed by atoms with Crippen molar-refractivity contribution in [2.45, 2.75) is 69.6 Å². The van der Waals surface area contributed by atoms with Crippen molar-refractivity contribution >= 4 is 0 Å². The summed E-state index contributed by atoms with van der Waals surface area (Å²) >= 11 is 0. The molecule has 0 spiro atoms. The third kappa shape index (κ3) is 2.71. The van der Waals surface area contributed by atoms with Crippen LogP contribution in [0.2, 0.25) is 0 Å². The molecule has 0 atom stereocenters. The molecule has 0 saturated heterocycles. The molecule has 0 aromatic carbocycles. The van der Waals surface area contributed by atoms with E-state index >= 15 is 0 Å². The highest BCUT2D eigenvalue weighted by molar-refractivity contribution is 4.84. The van der Waals surface area contributed by atoms with E-state index in [-0.39, 0.29) is 0 Å². The average Bonchev–Trinajstić information content (AvgIpc) is 2.82. The third-order valence-electron chi connectivity index (χ3n) is 4.31. The molecule has 2 aliphatic rings. The molecule has 0 bridgehead atoms. The van der Waals surface area contributed by atoms with Crippen LogP contribution in [0.5, 0.6) is 0 Å². The van der Waals surface area contributed by atoms with E-state index in [1.165, 1.54) is 38.5 Å². The molecule has 2 rings (SSSR count). The first kappa shape index (κ1) is 11.4. The van der Waals surface area contributed by atoms with Gasteiger partial charge in [0.1, 0.15) is 0 Å². The first-order valence-electron chi connectivity index (χ1n) is 6.38. The second-order valence-corrected chi connectivity index (χ2v) is 5.17. The van der Waals surface area contributed by atoms with Gasteiger partial charge in [-0.1, -0.05) is 12.8 Å². The Bertz CT molecular complexity index is 184. The van der Waals surface area contributed by atoms with Gasteiger partial charge in [-0.25, -0.2) is 5.90 Å². The molecule has 0 heterocycles. The largest absolute Gasteiger partial charge is 0.301 e. The van der Waals surface area contributed by atoms with Crippen LogP contribution in [0.3, 0.4) is 0 Å². The van der Waals surface area contributed by atoms with Crippen molar-refractivity contribution in [3.8, 4) is 0 Å². The van der Waals surface area contributed by atoms with Crippen LogP contribution in [0.15, 0.2) is 0 Å². The zero-order chi connectivity index (χ0) is 10.7. The Labute approximate surface area is 92.9 Å². The molecule has 3 heteroatoms. The Balaban J connectivity index is 1.78. The summed E-state index contributed by atoms with van der Waals surface area (Å²) in [5.41, 5.74) is 0. The fourth-order valence-electron chi connectivity index (χ4n) is 3.20. The highest BCUT2D eigenvalue weighted by atomic mass is 16.6. The van der Waals surface area contributed by atoms with Crippen molar-refractivity contribution in [3.63, 3.8) is 0 Å². The normalized spacial score (nSPS) is 33.8. The summed E-state index contributed by atoms with van der Waals surface area (Å²) in [5.74, 6) is 5.23. The molecule has 2 fully saturated rings. The highest BCUT2D eigenvalue weighted by Gasteiger charge is 2.29. The SMILES string of the molecule is CN(C1CCCC1)C1CCC(ON)CC1. The molecule has 0 unspecified atom stereocenters. The molecular weight excluding hydrogens is 188 g/mol. The zero-order valence-electron chi connectivity index (χ0n) is 9.82. The summed E-state index contributed by atoms with van der Waals surface area (Å²) in [6.07, 6.45) is 10.8. The lowest BCUT2D eigenvalue weighted by Crippen LogP contribution is -2.42. The fourth-order valence-corrected chi connectivity index (χ4v) is 3.20. The quantitative estimate of drug-likeness (QED) is 0.728. The van der Waals surface area contributed by atoms with Gasteiger partial charge in [0.05, 0.1) is 6.10 Å². The van der Waals surface area contributed by atoms with Gasteiger partial charge in [0.25, 0.3) is 0 Å². The van der Waals surface area contributed by atoms with Gasteiger partial charge < -0.3 is 9.74 Å². The Morgan fingerprint density at radius 3 is 2.00 bits per heavy atom. The summed E-state index contributed by atoms with van der Waals surface area (Å²) in [4.78, 5) is 7.55. The van der Waals surface area contributed by atoms with Crippen molar-refractivity contribution < 1.29 is 4.84 Å². The molecule has 15 heavy (non-hydrogen) atoms. The minimum Gasteiger partial charge on any atom is -0.301 e. The number of nitrogens with zero attached hydrogens (tertiary/aromatic N) is 1. The van der Waals surface area contributed by atoms with Crippen LogP contribution in [0, 0.1) is 0 Å². The van der Waals surface area contributed by atoms with Crippen molar-refractivity contribution in [1.82, 2.24) is 4.90 Å². The van der Waals surface area contributed by atoms with Crippen molar-refractivity contribution in [1.29, 1.82) is 0 Å². The molecule has 0 aliphatic heterocycles. The third-order valence-corrected chi connectivity index (χ3v) is 4.31. The van der Waals surface area contributed by atoms with E-state index < -0.39 is 0 Å². The molecule has 2 aliphatic carbocycles. The number of rotatable bonds is 3. The second-order valence-electron chi connectivity index (χ2n) is 5.17. The summed E-state index contributed by atoms with van der Waals surface area (Å²) in [7, 11) is 2.31. The lowest BCUT2D eigenvalue weighted by molar-refractivity contribution is 0.00432. The van der Waals surface area contributed by atoms with Crippen molar-refractivity contribution in [2.75, 3.05) is 7.05 Å². The Kier molecular flexibility index (Phi) is 4.00. The monoisotopic (exact) mass is 212 g/mol. The van der Waals surface area contributed by atoms with E-state index in [4.69, 9.17) is 10.7 Å². The van der Waals surface area contributed by atoms with E-state index in [2.05, 4.69) is 11.9 Å². The average molecular weight is 212 g/mol. The summed E-state index contributed by atoms with van der Waals surface area (Å²) in [6.45, 7) is 0. The van der Waals surface area contributed by atoms with E-state index in [1.54, 1.807) is 0 Å². The maximum Gasteiger partial charge on any atom is 0.0788 e. The molecule has 0 amide bonds. The standard InChI is InChI=1S/C12H24N2O/c1-14(10-4-2-3-5-10)11-6-8-12(15-13)9-7-11/h10-12H,2-9,13H2,1H3. The van der Waals surface area contributed by atoms with Gasteiger partial charge in [0.15, 0.2) is 0 Å². The first-order chi connectivity index (χ1) is 7.31. The smallest absolute Gasteiger partial charge is 0.0788 e. The van der Waals surface area contributed by atoms with Crippen LogP contribution in [-0.4, -0.2) is 30.1 Å². The molecule has 2 saturated carbocycles. The van der Waals surface area contributed by atoms with Gasteiger partial charge in [-0.3, -0.25) is 0 Å². The predicted molar refractivity (Wildman–Crippen MR) is 61.3 cm³/mol. The lowest BCUT2D eigenvalue weighted by Gasteiger charge is -2.37. The van der Waals surface area contributed by atoms with Gasteiger partial charge in [0.2, 0.25) is 0 Å². The van der Waals surface area contributed by atoms with E-state index in [0.717, 1.165) is 24.9 Å². The molecule has 0 radical (unpaired) electrons. The summed E-state index contributed by atoms with van der Waals surface area (Å²) < 4.78 is 0. The maximum atomic E-state index is 5.23. The molecule has 2 N–H and O–H groups in total. The van der Waals surface area contributed by atoms with E-state index in [0.29, 0.717) is 6.10 Å². The lowest BCUT2D eigenvalue weighted by atomic mass is 9.91. The summed E-state index contributed by atoms with van der Waals surface area (Å²) in [5, 5.41) is 0. The summed E-state index contributed by atoms with van der Waals surface area (Å²) in [6, 6.07) is 1.63. The molecule has 0 aromatic rings. The molecular formula is C12H24N2O. The second kappa shape index (κ2) is 5.28. The maximum absolute atomic E-state index is 5.23.